The number of carboxylic acids is 1. The van der Waals surface area contributed by atoms with Gasteiger partial charge in [0.1, 0.15) is 17.6 Å². The van der Waals surface area contributed by atoms with Crippen molar-refractivity contribution in [2.45, 2.75) is 38.8 Å². The number of ketones is 1. The first-order valence-corrected chi connectivity index (χ1v) is 12.9. The molecular weight excluding hydrogens is 530 g/mol. The lowest BCUT2D eigenvalue weighted by molar-refractivity contribution is -0.142. The van der Waals surface area contributed by atoms with E-state index in [1.165, 1.54) is 6.07 Å². The number of fused-ring (bicyclic) bond motifs is 2. The van der Waals surface area contributed by atoms with E-state index in [4.69, 9.17) is 4.84 Å². The van der Waals surface area contributed by atoms with Gasteiger partial charge in [-0.2, -0.15) is 0 Å². The molecule has 0 spiro atoms. The fourth-order valence-electron chi connectivity index (χ4n) is 4.34. The largest absolute Gasteiger partial charge is 0.481 e. The van der Waals surface area contributed by atoms with Gasteiger partial charge in [-0.25, -0.2) is 0 Å². The highest BCUT2D eigenvalue weighted by atomic mass is 16.7. The summed E-state index contributed by atoms with van der Waals surface area (Å²) in [5.74, 6) is -3.67. The van der Waals surface area contributed by atoms with Crippen LogP contribution in [0.15, 0.2) is 71.5 Å². The summed E-state index contributed by atoms with van der Waals surface area (Å²) in [7, 11) is 0. The molecule has 3 N–H and O–H groups in total. The first kappa shape index (κ1) is 28.9. The van der Waals surface area contributed by atoms with Gasteiger partial charge in [-0.15, -0.1) is 5.10 Å². The Labute approximate surface area is 234 Å². The van der Waals surface area contributed by atoms with Crippen LogP contribution in [-0.4, -0.2) is 62.5 Å². The number of carbonyl (C=O) groups is 4. The minimum atomic E-state index is -1.49. The molecule has 3 aromatic carbocycles. The first-order chi connectivity index (χ1) is 19.6. The van der Waals surface area contributed by atoms with Gasteiger partial charge in [-0.1, -0.05) is 68.4 Å². The second kappa shape index (κ2) is 12.8. The Hall–Kier alpha value is -5.13. The molecule has 0 saturated carbocycles. The molecule has 0 saturated heterocycles. The molecule has 0 unspecified atom stereocenters. The Morgan fingerprint density at radius 2 is 1.61 bits per heavy atom. The third-order valence-electron chi connectivity index (χ3n) is 6.45. The number of hydrogen-bond donors (Lipinski definition) is 3. The average molecular weight is 560 g/mol. The zero-order valence-electron chi connectivity index (χ0n) is 22.4. The van der Waals surface area contributed by atoms with Crippen LogP contribution in [0, 0.1) is 5.92 Å². The molecule has 2 amide bonds. The monoisotopic (exact) mass is 559 g/mol. The molecule has 0 aliphatic rings. The zero-order valence-corrected chi connectivity index (χ0v) is 22.4. The van der Waals surface area contributed by atoms with E-state index in [-0.39, 0.29) is 17.7 Å². The van der Waals surface area contributed by atoms with Crippen LogP contribution in [0.5, 0.6) is 0 Å². The predicted molar refractivity (Wildman–Crippen MR) is 149 cm³/mol. The number of Topliss-reactive ketones (excluding diaryl/α,β-unsaturated/α-hetero) is 1. The van der Waals surface area contributed by atoms with E-state index in [1.807, 2.05) is 42.5 Å². The van der Waals surface area contributed by atoms with Crippen LogP contribution in [0.1, 0.15) is 25.8 Å². The lowest BCUT2D eigenvalue weighted by Gasteiger charge is -2.24. The van der Waals surface area contributed by atoms with E-state index < -0.39 is 54.2 Å². The van der Waals surface area contributed by atoms with Crippen LogP contribution in [0.2, 0.25) is 0 Å². The fourth-order valence-corrected chi connectivity index (χ4v) is 4.34. The summed E-state index contributed by atoms with van der Waals surface area (Å²) in [4.78, 5) is 68.7. The maximum Gasteiger partial charge on any atom is 0.314 e. The molecular formula is C29H29N5O7. The summed E-state index contributed by atoms with van der Waals surface area (Å²) >= 11 is 0. The Kier molecular flexibility index (Phi) is 9.02. The van der Waals surface area contributed by atoms with E-state index in [2.05, 4.69) is 20.9 Å². The molecule has 0 aliphatic heterocycles. The van der Waals surface area contributed by atoms with Gasteiger partial charge in [0.2, 0.25) is 11.8 Å². The number of nitrogens with zero attached hydrogens (tertiary/aromatic N) is 3. The second-order valence-electron chi connectivity index (χ2n) is 9.79. The Morgan fingerprint density at radius 1 is 0.927 bits per heavy atom. The molecule has 0 fully saturated rings. The third kappa shape index (κ3) is 7.10. The number of hydrogen-bond acceptors (Lipinski definition) is 8. The minimum absolute atomic E-state index is 0.0186. The van der Waals surface area contributed by atoms with Crippen LogP contribution >= 0.6 is 0 Å². The molecule has 12 heteroatoms. The standard InChI is InChI=1S/C29H29N5O7/c1-17(2)27(31-25(36)14-19-10-7-9-18-8-3-4-11-20(18)19)28(39)30-23(15-26(37)38)24(35)16-41-34-29(40)21-12-5-6-13-22(21)32-33-34/h3-13,17,23,27H,14-16H2,1-2H3,(H,30,39)(H,31,36)(H,37,38)/t23-,27-/m0/s1. The molecule has 41 heavy (non-hydrogen) atoms. The fraction of sp³-hybridized carbons (Fsp3) is 0.276. The third-order valence-corrected chi connectivity index (χ3v) is 6.45. The number of carbonyl (C=O) groups excluding carboxylic acids is 3. The van der Waals surface area contributed by atoms with Crippen molar-refractivity contribution in [1.29, 1.82) is 0 Å². The van der Waals surface area contributed by atoms with Crippen LogP contribution in [0.25, 0.3) is 21.7 Å². The Balaban J connectivity index is 1.43. The van der Waals surface area contributed by atoms with Crippen molar-refractivity contribution in [3.63, 3.8) is 0 Å². The van der Waals surface area contributed by atoms with Crippen LogP contribution < -0.4 is 21.0 Å². The van der Waals surface area contributed by atoms with Gasteiger partial charge in [0.05, 0.1) is 18.2 Å². The van der Waals surface area contributed by atoms with Gasteiger partial charge in [0.25, 0.3) is 0 Å². The average Bonchev–Trinajstić information content (AvgIpc) is 2.95. The number of benzene rings is 3. The van der Waals surface area contributed by atoms with E-state index in [9.17, 15) is 29.1 Å². The molecule has 0 bridgehead atoms. The van der Waals surface area contributed by atoms with Crippen LogP contribution in [-0.2, 0) is 25.6 Å². The number of rotatable bonds is 12. The molecule has 212 valence electrons. The lowest BCUT2D eigenvalue weighted by Crippen LogP contribution is -2.55. The van der Waals surface area contributed by atoms with Crippen LogP contribution in [0.3, 0.4) is 0 Å². The topological polar surface area (TPSA) is 170 Å². The quantitative estimate of drug-likeness (QED) is 0.231. The number of amides is 2. The summed E-state index contributed by atoms with van der Waals surface area (Å²) < 4.78 is 0. The van der Waals surface area contributed by atoms with Crippen molar-refractivity contribution in [2.75, 3.05) is 6.61 Å². The van der Waals surface area contributed by atoms with Crippen molar-refractivity contribution < 1.29 is 29.1 Å². The van der Waals surface area contributed by atoms with Crippen molar-refractivity contribution in [1.82, 2.24) is 25.8 Å². The summed E-state index contributed by atoms with van der Waals surface area (Å²) in [6.07, 6.45) is -0.717. The van der Waals surface area contributed by atoms with Crippen LogP contribution in [0.4, 0.5) is 0 Å². The van der Waals surface area contributed by atoms with Crippen molar-refractivity contribution in [3.8, 4) is 0 Å². The molecule has 0 aliphatic carbocycles. The minimum Gasteiger partial charge on any atom is -0.481 e. The molecule has 0 radical (unpaired) electrons. The Bertz CT molecular complexity index is 1660. The second-order valence-corrected chi connectivity index (χ2v) is 9.79. The maximum absolute atomic E-state index is 13.2. The summed E-state index contributed by atoms with van der Waals surface area (Å²) in [5.41, 5.74) is 0.463. The van der Waals surface area contributed by atoms with E-state index in [1.54, 1.807) is 32.0 Å². The smallest absolute Gasteiger partial charge is 0.314 e. The summed E-state index contributed by atoms with van der Waals surface area (Å²) in [6.45, 7) is 2.67. The predicted octanol–water partition coefficient (Wildman–Crippen LogP) is 1.29. The number of nitrogens with one attached hydrogen (secondary N) is 2. The summed E-state index contributed by atoms with van der Waals surface area (Å²) in [6, 6.07) is 17.1. The number of aliphatic carboxylic acids is 1. The van der Waals surface area contributed by atoms with Gasteiger partial charge < -0.3 is 20.6 Å². The van der Waals surface area contributed by atoms with Crippen molar-refractivity contribution in [3.05, 3.63) is 82.6 Å². The van der Waals surface area contributed by atoms with Gasteiger partial charge in [-0.3, -0.25) is 24.0 Å². The van der Waals surface area contributed by atoms with E-state index in [0.717, 1.165) is 16.3 Å². The number of carboxylic acid groups (broad SMARTS) is 1. The molecule has 2 atom stereocenters. The zero-order chi connectivity index (χ0) is 29.5. The van der Waals surface area contributed by atoms with Crippen molar-refractivity contribution in [2.24, 2.45) is 5.92 Å². The summed E-state index contributed by atoms with van der Waals surface area (Å²) in [5, 5.41) is 24.1. The van der Waals surface area contributed by atoms with Gasteiger partial charge in [-0.05, 0) is 44.4 Å². The molecule has 4 aromatic rings. The van der Waals surface area contributed by atoms with Gasteiger partial charge in [0, 0.05) is 0 Å². The SMILES string of the molecule is CC(C)[C@H](NC(=O)Cc1cccc2ccccc12)C(=O)N[C@@H](CC(=O)O)C(=O)COn1nnc2ccccc2c1=O. The maximum atomic E-state index is 13.2. The first-order valence-electron chi connectivity index (χ1n) is 12.9. The van der Waals surface area contributed by atoms with E-state index >= 15 is 0 Å². The number of aromatic nitrogens is 3. The highest BCUT2D eigenvalue weighted by Crippen LogP contribution is 2.19. The van der Waals surface area contributed by atoms with E-state index in [0.29, 0.717) is 10.4 Å². The molecule has 4 rings (SSSR count). The Morgan fingerprint density at radius 3 is 2.34 bits per heavy atom. The molecule has 1 aromatic heterocycles. The normalized spacial score (nSPS) is 12.6. The lowest BCUT2D eigenvalue weighted by atomic mass is 9.99. The molecule has 12 nitrogen and oxygen atoms in total. The van der Waals surface area contributed by atoms with Crippen molar-refractivity contribution >= 4 is 45.2 Å². The highest BCUT2D eigenvalue weighted by molar-refractivity contribution is 5.96. The highest BCUT2D eigenvalue weighted by Gasteiger charge is 2.30. The van der Waals surface area contributed by atoms with Gasteiger partial charge in [0.15, 0.2) is 12.4 Å². The van der Waals surface area contributed by atoms with Gasteiger partial charge >= 0.3 is 11.5 Å². The molecule has 1 heterocycles.